The molecule has 4 rings (SSSR count). The van der Waals surface area contributed by atoms with E-state index in [1.165, 1.54) is 12.8 Å². The smallest absolute Gasteiger partial charge is 0.253 e. The van der Waals surface area contributed by atoms with Crippen molar-refractivity contribution in [3.63, 3.8) is 0 Å². The molecule has 1 amide bonds. The number of aromatic nitrogens is 3. The van der Waals surface area contributed by atoms with Gasteiger partial charge in [0.1, 0.15) is 0 Å². The Morgan fingerprint density at radius 3 is 2.88 bits per heavy atom. The first-order valence-corrected chi connectivity index (χ1v) is 11.3. The van der Waals surface area contributed by atoms with Gasteiger partial charge in [-0.25, -0.2) is 0 Å². The maximum absolute atomic E-state index is 13.1. The molecular formula is C24H32N6O2. The summed E-state index contributed by atoms with van der Waals surface area (Å²) < 4.78 is 2.06. The summed E-state index contributed by atoms with van der Waals surface area (Å²) in [5, 5.41) is 8.39. The lowest BCUT2D eigenvalue weighted by molar-refractivity contribution is 0.0952. The van der Waals surface area contributed by atoms with Gasteiger partial charge in [-0.3, -0.25) is 14.3 Å². The van der Waals surface area contributed by atoms with Gasteiger partial charge in [-0.15, -0.1) is 0 Å². The van der Waals surface area contributed by atoms with Crippen molar-refractivity contribution < 1.29 is 4.79 Å². The molecule has 1 aromatic carbocycles. The zero-order chi connectivity index (χ0) is 22.7. The molecule has 0 spiro atoms. The van der Waals surface area contributed by atoms with Crippen molar-refractivity contribution in [1.29, 1.82) is 0 Å². The van der Waals surface area contributed by atoms with Gasteiger partial charge in [0.2, 0.25) is 0 Å². The topological polar surface area (TPSA) is 109 Å². The van der Waals surface area contributed by atoms with Crippen LogP contribution in [0.25, 0.3) is 10.9 Å². The number of H-pyrrole nitrogens is 1. The Hall–Kier alpha value is -2.97. The second kappa shape index (κ2) is 9.67. The monoisotopic (exact) mass is 436 g/mol. The van der Waals surface area contributed by atoms with Crippen LogP contribution in [0.1, 0.15) is 58.9 Å². The van der Waals surface area contributed by atoms with Crippen LogP contribution in [0.2, 0.25) is 0 Å². The molecule has 2 aromatic heterocycles. The van der Waals surface area contributed by atoms with E-state index in [4.69, 9.17) is 5.73 Å². The van der Waals surface area contributed by atoms with Gasteiger partial charge >= 0.3 is 0 Å². The van der Waals surface area contributed by atoms with E-state index in [1.54, 1.807) is 6.20 Å². The number of carbonyl (C=O) groups is 1. The molecule has 1 aliphatic rings. The van der Waals surface area contributed by atoms with Crippen LogP contribution in [-0.4, -0.2) is 45.7 Å². The van der Waals surface area contributed by atoms with Crippen molar-refractivity contribution in [1.82, 2.24) is 25.0 Å². The van der Waals surface area contributed by atoms with Crippen molar-refractivity contribution in [3.8, 4) is 0 Å². The molecule has 1 fully saturated rings. The van der Waals surface area contributed by atoms with E-state index >= 15 is 0 Å². The average Bonchev–Trinajstić information content (AvgIpc) is 3.42. The summed E-state index contributed by atoms with van der Waals surface area (Å²) >= 11 is 0. The molecule has 0 saturated heterocycles. The number of nitrogens with two attached hydrogens (primary N) is 1. The Morgan fingerprint density at radius 2 is 2.12 bits per heavy atom. The van der Waals surface area contributed by atoms with Gasteiger partial charge in [-0.1, -0.05) is 18.9 Å². The highest BCUT2D eigenvalue weighted by atomic mass is 16.1. The van der Waals surface area contributed by atoms with E-state index in [2.05, 4.69) is 25.0 Å². The zero-order valence-corrected chi connectivity index (χ0v) is 18.9. The van der Waals surface area contributed by atoms with E-state index < -0.39 is 0 Å². The fraction of sp³-hybridized carbons (Fsp3) is 0.458. The lowest BCUT2D eigenvalue weighted by atomic mass is 10.1. The van der Waals surface area contributed by atoms with Crippen LogP contribution in [0.5, 0.6) is 0 Å². The van der Waals surface area contributed by atoms with Crippen LogP contribution < -0.4 is 16.6 Å². The number of benzene rings is 1. The number of hydrogen-bond donors (Lipinski definition) is 3. The van der Waals surface area contributed by atoms with E-state index in [0.717, 1.165) is 41.5 Å². The van der Waals surface area contributed by atoms with Gasteiger partial charge in [0.05, 0.1) is 23.3 Å². The van der Waals surface area contributed by atoms with E-state index in [-0.39, 0.29) is 18.0 Å². The standard InChI is InChI=1S/C24H32N6O2/c1-16-12-17(15-29(2)11-10-25)20(24(32)28-16)13-26-23(31)19-8-5-9-22-21(19)14-27-30(22)18-6-3-4-7-18/h5,8-9,12,14,18H,3-4,6-7,10-11,13,15,25H2,1-2H3,(H,26,31)(H,28,32). The molecule has 3 aromatic rings. The predicted molar refractivity (Wildman–Crippen MR) is 126 cm³/mol. The molecule has 0 unspecified atom stereocenters. The third-order valence-corrected chi connectivity index (χ3v) is 6.30. The molecule has 0 atom stereocenters. The lowest BCUT2D eigenvalue weighted by Gasteiger charge is -2.18. The number of likely N-dealkylation sites (N-methyl/N-ethyl adjacent to an activating group) is 1. The van der Waals surface area contributed by atoms with E-state index in [9.17, 15) is 9.59 Å². The number of nitrogens with one attached hydrogen (secondary N) is 2. The quantitative estimate of drug-likeness (QED) is 0.503. The maximum atomic E-state index is 13.1. The molecule has 1 saturated carbocycles. The van der Waals surface area contributed by atoms with Crippen molar-refractivity contribution >= 4 is 16.8 Å². The van der Waals surface area contributed by atoms with Crippen molar-refractivity contribution in [3.05, 3.63) is 63.2 Å². The minimum Gasteiger partial charge on any atom is -0.348 e. The third kappa shape index (κ3) is 4.61. The van der Waals surface area contributed by atoms with E-state index in [0.29, 0.717) is 30.3 Å². The van der Waals surface area contributed by atoms with Gasteiger partial charge in [-0.05, 0) is 50.6 Å². The lowest BCUT2D eigenvalue weighted by Crippen LogP contribution is -2.31. The average molecular weight is 437 g/mol. The summed E-state index contributed by atoms with van der Waals surface area (Å²) in [5.41, 5.74) is 9.32. The van der Waals surface area contributed by atoms with Gasteiger partial charge in [-0.2, -0.15) is 5.10 Å². The summed E-state index contributed by atoms with van der Waals surface area (Å²) in [7, 11) is 1.97. The first kappa shape index (κ1) is 22.2. The highest BCUT2D eigenvalue weighted by Gasteiger charge is 2.21. The molecule has 0 bridgehead atoms. The summed E-state index contributed by atoms with van der Waals surface area (Å²) in [6.45, 7) is 3.89. The first-order chi connectivity index (χ1) is 15.5. The van der Waals surface area contributed by atoms with Crippen molar-refractivity contribution in [2.24, 2.45) is 5.73 Å². The van der Waals surface area contributed by atoms with Crippen LogP contribution in [0.3, 0.4) is 0 Å². The number of pyridine rings is 1. The van der Waals surface area contributed by atoms with Crippen LogP contribution in [0.4, 0.5) is 0 Å². The minimum atomic E-state index is -0.206. The molecule has 0 aliphatic heterocycles. The second-order valence-electron chi connectivity index (χ2n) is 8.76. The molecule has 8 heteroatoms. The number of amides is 1. The maximum Gasteiger partial charge on any atom is 0.253 e. The highest BCUT2D eigenvalue weighted by molar-refractivity contribution is 6.06. The molecule has 8 nitrogen and oxygen atoms in total. The Kier molecular flexibility index (Phi) is 6.72. The summed E-state index contributed by atoms with van der Waals surface area (Å²) in [6, 6.07) is 8.10. The summed E-state index contributed by atoms with van der Waals surface area (Å²) in [5.74, 6) is -0.206. The molecular weight excluding hydrogens is 404 g/mol. The van der Waals surface area contributed by atoms with E-state index in [1.807, 2.05) is 38.2 Å². The fourth-order valence-corrected chi connectivity index (χ4v) is 4.68. The van der Waals surface area contributed by atoms with Crippen LogP contribution in [0.15, 0.2) is 35.3 Å². The van der Waals surface area contributed by atoms with Gasteiger partial charge in [0, 0.05) is 42.8 Å². The predicted octanol–water partition coefficient (Wildman–Crippen LogP) is 2.47. The number of carbonyl (C=O) groups excluding carboxylic acids is 1. The number of nitrogens with zero attached hydrogens (tertiary/aromatic N) is 3. The molecule has 4 N–H and O–H groups in total. The Bertz CT molecular complexity index is 1160. The number of hydrogen-bond acceptors (Lipinski definition) is 5. The number of rotatable bonds is 8. The fourth-order valence-electron chi connectivity index (χ4n) is 4.68. The molecule has 2 heterocycles. The van der Waals surface area contributed by atoms with Gasteiger partial charge in [0.15, 0.2) is 0 Å². The van der Waals surface area contributed by atoms with Crippen molar-refractivity contribution in [2.75, 3.05) is 20.1 Å². The number of fused-ring (bicyclic) bond motifs is 1. The molecule has 1 aliphatic carbocycles. The van der Waals surface area contributed by atoms with Gasteiger partial charge in [0.25, 0.3) is 11.5 Å². The summed E-state index contributed by atoms with van der Waals surface area (Å²) in [4.78, 5) is 30.7. The highest BCUT2D eigenvalue weighted by Crippen LogP contribution is 2.32. The third-order valence-electron chi connectivity index (χ3n) is 6.30. The first-order valence-electron chi connectivity index (χ1n) is 11.3. The largest absolute Gasteiger partial charge is 0.348 e. The Morgan fingerprint density at radius 1 is 1.34 bits per heavy atom. The number of aromatic amines is 1. The Labute approximate surface area is 187 Å². The second-order valence-corrected chi connectivity index (χ2v) is 8.76. The summed E-state index contributed by atoms with van der Waals surface area (Å²) in [6.07, 6.45) is 6.49. The minimum absolute atomic E-state index is 0.160. The van der Waals surface area contributed by atoms with Crippen LogP contribution in [0, 0.1) is 6.92 Å². The SMILES string of the molecule is Cc1cc(CN(C)CCN)c(CNC(=O)c2cccc3c2cnn3C2CCCC2)c(=O)[nH]1. The Balaban J connectivity index is 1.55. The number of aryl methyl sites for hydroxylation is 1. The molecule has 0 radical (unpaired) electrons. The molecule has 170 valence electrons. The van der Waals surface area contributed by atoms with Crippen LogP contribution >= 0.6 is 0 Å². The molecule has 32 heavy (non-hydrogen) atoms. The van der Waals surface area contributed by atoms with Crippen LogP contribution in [-0.2, 0) is 13.1 Å². The normalized spacial score (nSPS) is 14.5. The zero-order valence-electron chi connectivity index (χ0n) is 18.9. The van der Waals surface area contributed by atoms with Gasteiger partial charge < -0.3 is 20.9 Å². The van der Waals surface area contributed by atoms with Crippen molar-refractivity contribution in [2.45, 2.75) is 51.7 Å².